The molecule has 0 rings (SSSR count). The largest absolute Gasteiger partial charge is 0.480 e. The molecular formula is C6H12N2O2. The smallest absolute Gasteiger partial charge is 0.321 e. The third-order valence-corrected chi connectivity index (χ3v) is 0.970. The number of carboxylic acids is 1. The number of carboxylic acid groups (broad SMARTS) is 1. The molecule has 0 fully saturated rings. The van der Waals surface area contributed by atoms with Crippen LogP contribution in [0.3, 0.4) is 0 Å². The summed E-state index contributed by atoms with van der Waals surface area (Å²) in [6.45, 7) is 4.32. The summed E-state index contributed by atoms with van der Waals surface area (Å²) in [6.07, 6.45) is 1.65. The lowest BCUT2D eigenvalue weighted by atomic mass is 10.3. The van der Waals surface area contributed by atoms with Crippen molar-refractivity contribution in [3.05, 3.63) is 12.7 Å². The maximum absolute atomic E-state index is 10.1. The van der Waals surface area contributed by atoms with E-state index in [9.17, 15) is 4.79 Å². The van der Waals surface area contributed by atoms with Gasteiger partial charge in [0.2, 0.25) is 0 Å². The van der Waals surface area contributed by atoms with E-state index in [1.54, 1.807) is 6.08 Å². The molecular weight excluding hydrogens is 132 g/mol. The Hall–Kier alpha value is -0.870. The molecule has 4 N–H and O–H groups in total. The predicted molar refractivity (Wildman–Crippen MR) is 38.7 cm³/mol. The Kier molecular flexibility index (Phi) is 4.53. The van der Waals surface area contributed by atoms with Crippen LogP contribution >= 0.6 is 0 Å². The molecule has 0 heterocycles. The molecule has 1 atom stereocenters. The van der Waals surface area contributed by atoms with Crippen LogP contribution in [-0.2, 0) is 4.79 Å². The second-order valence-corrected chi connectivity index (χ2v) is 1.89. The minimum Gasteiger partial charge on any atom is -0.480 e. The summed E-state index contributed by atoms with van der Waals surface area (Å²) in [5, 5.41) is 11.1. The highest BCUT2D eigenvalue weighted by Gasteiger charge is 2.08. The molecule has 0 amide bonds. The van der Waals surface area contributed by atoms with Crippen molar-refractivity contribution in [2.75, 3.05) is 13.1 Å². The van der Waals surface area contributed by atoms with Gasteiger partial charge in [-0.25, -0.2) is 0 Å². The van der Waals surface area contributed by atoms with Crippen molar-refractivity contribution in [2.45, 2.75) is 6.04 Å². The van der Waals surface area contributed by atoms with Gasteiger partial charge >= 0.3 is 5.97 Å². The van der Waals surface area contributed by atoms with Gasteiger partial charge in [-0.3, -0.25) is 4.79 Å². The molecule has 0 saturated heterocycles. The second-order valence-electron chi connectivity index (χ2n) is 1.89. The molecule has 1 unspecified atom stereocenters. The Morgan fingerprint density at radius 3 is 2.90 bits per heavy atom. The first-order chi connectivity index (χ1) is 4.68. The molecule has 0 aliphatic heterocycles. The molecule has 0 bridgehead atoms. The highest BCUT2D eigenvalue weighted by molar-refractivity contribution is 5.73. The monoisotopic (exact) mass is 144 g/mol. The van der Waals surface area contributed by atoms with E-state index in [0.717, 1.165) is 0 Å². The Bertz CT molecular complexity index is 125. The van der Waals surface area contributed by atoms with Crippen LogP contribution in [-0.4, -0.2) is 30.2 Å². The Morgan fingerprint density at radius 1 is 1.90 bits per heavy atom. The summed E-state index contributed by atoms with van der Waals surface area (Å²) in [5.74, 6) is -0.989. The summed E-state index contributed by atoms with van der Waals surface area (Å²) in [5.41, 5.74) is 5.16. The fourth-order valence-electron chi connectivity index (χ4n) is 0.428. The number of hydrogen-bond acceptors (Lipinski definition) is 3. The molecule has 0 saturated carbocycles. The van der Waals surface area contributed by atoms with Gasteiger partial charge in [0.15, 0.2) is 0 Å². The molecule has 0 radical (unpaired) electrons. The molecule has 58 valence electrons. The number of hydrogen-bond donors (Lipinski definition) is 3. The lowest BCUT2D eigenvalue weighted by Crippen LogP contribution is -2.40. The van der Waals surface area contributed by atoms with Crippen molar-refractivity contribution in [1.29, 1.82) is 0 Å². The molecule has 0 aromatic rings. The molecule has 0 aliphatic rings. The number of carbonyl (C=O) groups is 1. The second kappa shape index (κ2) is 4.96. The first-order valence-electron chi connectivity index (χ1n) is 2.98. The number of nitrogens with two attached hydrogens (primary N) is 1. The number of aliphatic carboxylic acids is 1. The van der Waals surface area contributed by atoms with Gasteiger partial charge < -0.3 is 16.2 Å². The van der Waals surface area contributed by atoms with Crippen molar-refractivity contribution in [2.24, 2.45) is 5.73 Å². The highest BCUT2D eigenvalue weighted by Crippen LogP contribution is 1.74. The molecule has 10 heavy (non-hydrogen) atoms. The van der Waals surface area contributed by atoms with Crippen molar-refractivity contribution in [1.82, 2.24) is 5.32 Å². The van der Waals surface area contributed by atoms with E-state index in [1.165, 1.54) is 0 Å². The molecule has 4 nitrogen and oxygen atoms in total. The van der Waals surface area contributed by atoms with E-state index in [1.807, 2.05) is 0 Å². The summed E-state index contributed by atoms with van der Waals surface area (Å²) in [4.78, 5) is 10.1. The average molecular weight is 144 g/mol. The third-order valence-electron chi connectivity index (χ3n) is 0.970. The van der Waals surface area contributed by atoms with Gasteiger partial charge in [-0.1, -0.05) is 6.08 Å². The van der Waals surface area contributed by atoms with E-state index < -0.39 is 12.0 Å². The van der Waals surface area contributed by atoms with Crippen LogP contribution in [0, 0.1) is 0 Å². The first-order valence-corrected chi connectivity index (χ1v) is 2.98. The van der Waals surface area contributed by atoms with E-state index in [4.69, 9.17) is 10.8 Å². The van der Waals surface area contributed by atoms with Gasteiger partial charge in [-0.15, -0.1) is 6.58 Å². The molecule has 0 aromatic carbocycles. The topological polar surface area (TPSA) is 75.3 Å². The highest BCUT2D eigenvalue weighted by atomic mass is 16.4. The van der Waals surface area contributed by atoms with Gasteiger partial charge in [0.1, 0.15) is 6.04 Å². The fourth-order valence-corrected chi connectivity index (χ4v) is 0.428. The third kappa shape index (κ3) is 4.05. The molecule has 4 heteroatoms. The quantitative estimate of drug-likeness (QED) is 0.348. The Balaban J connectivity index is 3.30. The van der Waals surface area contributed by atoms with Crippen LogP contribution in [0.1, 0.15) is 0 Å². The van der Waals surface area contributed by atoms with Gasteiger partial charge in [0, 0.05) is 13.1 Å². The Labute approximate surface area is 59.7 Å². The summed E-state index contributed by atoms with van der Waals surface area (Å²) in [6, 6.07) is -0.819. The lowest BCUT2D eigenvalue weighted by molar-refractivity contribution is -0.138. The maximum atomic E-state index is 10.1. The standard InChI is InChI=1S/C6H12N2O2/c1-2-3-8-4-5(7)6(9)10/h2,5,8H,1,3-4,7H2,(H,9,10). The van der Waals surface area contributed by atoms with E-state index in [0.29, 0.717) is 6.54 Å². The van der Waals surface area contributed by atoms with Gasteiger partial charge in [-0.2, -0.15) is 0 Å². The van der Waals surface area contributed by atoms with Crippen LogP contribution in [0.5, 0.6) is 0 Å². The number of nitrogens with one attached hydrogen (secondary N) is 1. The lowest BCUT2D eigenvalue weighted by Gasteiger charge is -2.04. The average Bonchev–Trinajstić information content (AvgIpc) is 1.88. The minimum absolute atomic E-state index is 0.279. The normalized spacial score (nSPS) is 12.5. The SMILES string of the molecule is C=CCNCC(N)C(=O)O. The summed E-state index contributed by atoms with van der Waals surface area (Å²) >= 11 is 0. The van der Waals surface area contributed by atoms with Crippen LogP contribution in [0.4, 0.5) is 0 Å². The van der Waals surface area contributed by atoms with Crippen molar-refractivity contribution in [3.63, 3.8) is 0 Å². The van der Waals surface area contributed by atoms with Crippen molar-refractivity contribution < 1.29 is 9.90 Å². The predicted octanol–water partition coefficient (Wildman–Crippen LogP) is -0.826. The maximum Gasteiger partial charge on any atom is 0.321 e. The van der Waals surface area contributed by atoms with Crippen LogP contribution in [0.15, 0.2) is 12.7 Å². The van der Waals surface area contributed by atoms with Gasteiger partial charge in [-0.05, 0) is 0 Å². The summed E-state index contributed by atoms with van der Waals surface area (Å²) in [7, 11) is 0. The minimum atomic E-state index is -0.989. The summed E-state index contributed by atoms with van der Waals surface area (Å²) < 4.78 is 0. The van der Waals surface area contributed by atoms with E-state index in [2.05, 4.69) is 11.9 Å². The zero-order valence-corrected chi connectivity index (χ0v) is 5.71. The van der Waals surface area contributed by atoms with E-state index in [-0.39, 0.29) is 6.54 Å². The van der Waals surface area contributed by atoms with Crippen LogP contribution < -0.4 is 11.1 Å². The molecule has 0 spiro atoms. The first kappa shape index (κ1) is 9.13. The van der Waals surface area contributed by atoms with Crippen molar-refractivity contribution >= 4 is 5.97 Å². The van der Waals surface area contributed by atoms with E-state index >= 15 is 0 Å². The van der Waals surface area contributed by atoms with Gasteiger partial charge in [0.05, 0.1) is 0 Å². The zero-order valence-electron chi connectivity index (χ0n) is 5.71. The molecule has 0 aromatic heterocycles. The van der Waals surface area contributed by atoms with Gasteiger partial charge in [0.25, 0.3) is 0 Å². The van der Waals surface area contributed by atoms with Crippen LogP contribution in [0.2, 0.25) is 0 Å². The Morgan fingerprint density at radius 2 is 2.50 bits per heavy atom. The van der Waals surface area contributed by atoms with Crippen LogP contribution in [0.25, 0.3) is 0 Å². The fraction of sp³-hybridized carbons (Fsp3) is 0.500. The molecule has 0 aliphatic carbocycles. The zero-order chi connectivity index (χ0) is 7.98. The number of rotatable bonds is 5. The van der Waals surface area contributed by atoms with Crippen molar-refractivity contribution in [3.8, 4) is 0 Å².